The third-order valence-electron chi connectivity index (χ3n) is 5.04. The molecule has 29 heavy (non-hydrogen) atoms. The molecule has 2 heterocycles. The molecule has 0 amide bonds. The molecule has 0 aliphatic rings. The van der Waals surface area contributed by atoms with Gasteiger partial charge in [-0.15, -0.1) is 0 Å². The summed E-state index contributed by atoms with van der Waals surface area (Å²) in [5.41, 5.74) is 2.85. The SMILES string of the molecule is COCCn1c(=O)c2c(ncn2Cc2ccccc2C)n(-c2ccccc2)c1=O. The molecule has 4 rings (SSSR count). The van der Waals surface area contributed by atoms with Crippen LogP contribution < -0.4 is 11.2 Å². The lowest BCUT2D eigenvalue weighted by atomic mass is 10.1. The molecule has 0 fully saturated rings. The molecule has 7 nitrogen and oxygen atoms in total. The molecule has 0 spiro atoms. The van der Waals surface area contributed by atoms with E-state index in [1.165, 1.54) is 9.13 Å². The van der Waals surface area contributed by atoms with Gasteiger partial charge in [-0.2, -0.15) is 0 Å². The Morgan fingerprint density at radius 3 is 2.45 bits per heavy atom. The van der Waals surface area contributed by atoms with E-state index in [0.717, 1.165) is 11.1 Å². The van der Waals surface area contributed by atoms with Gasteiger partial charge in [0.1, 0.15) is 0 Å². The van der Waals surface area contributed by atoms with Gasteiger partial charge in [-0.3, -0.25) is 9.36 Å². The number of rotatable bonds is 6. The Bertz CT molecular complexity index is 1270. The molecule has 0 radical (unpaired) electrons. The summed E-state index contributed by atoms with van der Waals surface area (Å²) in [6.45, 7) is 2.97. The predicted molar refractivity (Wildman–Crippen MR) is 112 cm³/mol. The summed E-state index contributed by atoms with van der Waals surface area (Å²) < 4.78 is 9.62. The van der Waals surface area contributed by atoms with Crippen LogP contribution in [0.15, 0.2) is 70.5 Å². The molecule has 7 heteroatoms. The average molecular weight is 390 g/mol. The van der Waals surface area contributed by atoms with Gasteiger partial charge in [-0.25, -0.2) is 14.3 Å². The Morgan fingerprint density at radius 1 is 1.00 bits per heavy atom. The van der Waals surface area contributed by atoms with E-state index in [9.17, 15) is 9.59 Å². The van der Waals surface area contributed by atoms with Crippen LogP contribution in [0.1, 0.15) is 11.1 Å². The van der Waals surface area contributed by atoms with E-state index in [-0.39, 0.29) is 18.7 Å². The van der Waals surface area contributed by atoms with Crippen LogP contribution in [0.2, 0.25) is 0 Å². The minimum Gasteiger partial charge on any atom is -0.383 e. The molecule has 2 aromatic carbocycles. The number of aromatic nitrogens is 4. The summed E-state index contributed by atoms with van der Waals surface area (Å²) in [6, 6.07) is 17.2. The fourth-order valence-corrected chi connectivity index (χ4v) is 3.46. The second kappa shape index (κ2) is 7.89. The third kappa shape index (κ3) is 3.40. The van der Waals surface area contributed by atoms with E-state index < -0.39 is 5.69 Å². The number of aryl methyl sites for hydroxylation is 1. The van der Waals surface area contributed by atoms with Crippen molar-refractivity contribution in [1.82, 2.24) is 18.7 Å². The molecule has 0 saturated heterocycles. The highest BCUT2D eigenvalue weighted by Crippen LogP contribution is 2.16. The van der Waals surface area contributed by atoms with Gasteiger partial charge in [0.15, 0.2) is 11.2 Å². The Morgan fingerprint density at radius 2 is 1.72 bits per heavy atom. The van der Waals surface area contributed by atoms with Crippen LogP contribution in [-0.2, 0) is 17.8 Å². The topological polar surface area (TPSA) is 71.1 Å². The Kier molecular flexibility index (Phi) is 5.14. The minimum absolute atomic E-state index is 0.173. The standard InChI is InChI=1S/C22H22N4O3/c1-16-8-6-7-9-17(16)14-24-15-23-20-19(24)21(27)25(12-13-29-2)22(28)26(20)18-10-4-3-5-11-18/h3-11,15H,12-14H2,1-2H3. The fraction of sp³-hybridized carbons (Fsp3) is 0.227. The number of nitrogens with zero attached hydrogens (tertiary/aromatic N) is 4. The van der Waals surface area contributed by atoms with Gasteiger partial charge in [0, 0.05) is 13.7 Å². The van der Waals surface area contributed by atoms with E-state index in [1.807, 2.05) is 66.1 Å². The van der Waals surface area contributed by atoms with Crippen molar-refractivity contribution in [3.8, 4) is 5.69 Å². The quantitative estimate of drug-likeness (QED) is 0.507. The summed E-state index contributed by atoms with van der Waals surface area (Å²) in [5, 5.41) is 0. The average Bonchev–Trinajstić information content (AvgIpc) is 3.14. The number of benzene rings is 2. The van der Waals surface area contributed by atoms with Crippen molar-refractivity contribution in [3.05, 3.63) is 92.9 Å². The summed E-state index contributed by atoms with van der Waals surface area (Å²) in [4.78, 5) is 30.8. The van der Waals surface area contributed by atoms with Gasteiger partial charge in [-0.05, 0) is 30.2 Å². The Balaban J connectivity index is 1.98. The highest BCUT2D eigenvalue weighted by molar-refractivity contribution is 5.72. The van der Waals surface area contributed by atoms with Crippen molar-refractivity contribution >= 4 is 11.2 Å². The van der Waals surface area contributed by atoms with E-state index >= 15 is 0 Å². The van der Waals surface area contributed by atoms with E-state index in [4.69, 9.17) is 4.74 Å². The van der Waals surface area contributed by atoms with Crippen LogP contribution in [0.5, 0.6) is 0 Å². The van der Waals surface area contributed by atoms with Crippen molar-refractivity contribution in [1.29, 1.82) is 0 Å². The summed E-state index contributed by atoms with van der Waals surface area (Å²) in [7, 11) is 1.54. The second-order valence-electron chi connectivity index (χ2n) is 6.87. The maximum Gasteiger partial charge on any atom is 0.337 e. The maximum atomic E-state index is 13.2. The number of hydrogen-bond acceptors (Lipinski definition) is 4. The molecule has 148 valence electrons. The smallest absolute Gasteiger partial charge is 0.337 e. The summed E-state index contributed by atoms with van der Waals surface area (Å²) in [6.07, 6.45) is 1.62. The lowest BCUT2D eigenvalue weighted by Crippen LogP contribution is -2.41. The Hall–Kier alpha value is -3.45. The van der Waals surface area contributed by atoms with Gasteiger partial charge in [-0.1, -0.05) is 42.5 Å². The van der Waals surface area contributed by atoms with Gasteiger partial charge in [0.25, 0.3) is 5.56 Å². The van der Waals surface area contributed by atoms with Crippen LogP contribution in [0.3, 0.4) is 0 Å². The molecule has 0 bridgehead atoms. The van der Waals surface area contributed by atoms with Gasteiger partial charge >= 0.3 is 5.69 Å². The van der Waals surface area contributed by atoms with Crippen molar-refractivity contribution in [3.63, 3.8) is 0 Å². The molecular formula is C22H22N4O3. The molecule has 4 aromatic rings. The fourth-order valence-electron chi connectivity index (χ4n) is 3.46. The zero-order valence-electron chi connectivity index (χ0n) is 16.4. The largest absolute Gasteiger partial charge is 0.383 e. The van der Waals surface area contributed by atoms with Crippen molar-refractivity contribution in [2.45, 2.75) is 20.0 Å². The van der Waals surface area contributed by atoms with Crippen molar-refractivity contribution < 1.29 is 4.74 Å². The molecule has 2 aromatic heterocycles. The number of methoxy groups -OCH3 is 1. The number of imidazole rings is 1. The molecule has 0 aliphatic heterocycles. The summed E-state index contributed by atoms with van der Waals surface area (Å²) in [5.74, 6) is 0. The normalized spacial score (nSPS) is 11.2. The second-order valence-corrected chi connectivity index (χ2v) is 6.87. The van der Waals surface area contributed by atoms with Crippen LogP contribution in [0, 0.1) is 6.92 Å². The molecular weight excluding hydrogens is 368 g/mol. The van der Waals surface area contributed by atoms with E-state index in [0.29, 0.717) is 23.4 Å². The first-order valence-corrected chi connectivity index (χ1v) is 9.41. The zero-order valence-corrected chi connectivity index (χ0v) is 16.4. The van der Waals surface area contributed by atoms with Gasteiger partial charge in [0.2, 0.25) is 0 Å². The number of hydrogen-bond donors (Lipinski definition) is 0. The van der Waals surface area contributed by atoms with E-state index in [1.54, 1.807) is 13.4 Å². The first kappa shape index (κ1) is 18.9. The molecule has 0 atom stereocenters. The Labute approximate surface area is 167 Å². The number of para-hydroxylation sites is 1. The first-order chi connectivity index (χ1) is 14.1. The zero-order chi connectivity index (χ0) is 20.4. The molecule has 0 aliphatic carbocycles. The third-order valence-corrected chi connectivity index (χ3v) is 5.04. The van der Waals surface area contributed by atoms with Crippen molar-refractivity contribution in [2.75, 3.05) is 13.7 Å². The molecule has 0 saturated carbocycles. The van der Waals surface area contributed by atoms with Gasteiger partial charge in [0.05, 0.1) is 25.2 Å². The highest BCUT2D eigenvalue weighted by atomic mass is 16.5. The minimum atomic E-state index is -0.424. The van der Waals surface area contributed by atoms with Crippen LogP contribution in [0.4, 0.5) is 0 Å². The van der Waals surface area contributed by atoms with Crippen LogP contribution in [0.25, 0.3) is 16.9 Å². The highest BCUT2D eigenvalue weighted by Gasteiger charge is 2.19. The predicted octanol–water partition coefficient (Wildman–Crippen LogP) is 2.35. The monoisotopic (exact) mass is 390 g/mol. The van der Waals surface area contributed by atoms with Gasteiger partial charge < -0.3 is 9.30 Å². The maximum absolute atomic E-state index is 13.2. The van der Waals surface area contributed by atoms with Crippen LogP contribution in [-0.4, -0.2) is 32.4 Å². The lowest BCUT2D eigenvalue weighted by Gasteiger charge is -2.13. The number of ether oxygens (including phenoxy) is 1. The number of fused-ring (bicyclic) bond motifs is 1. The first-order valence-electron chi connectivity index (χ1n) is 9.41. The molecule has 0 unspecified atom stereocenters. The molecule has 0 N–H and O–H groups in total. The van der Waals surface area contributed by atoms with Crippen molar-refractivity contribution in [2.24, 2.45) is 0 Å². The van der Waals surface area contributed by atoms with E-state index in [2.05, 4.69) is 4.98 Å². The summed E-state index contributed by atoms with van der Waals surface area (Å²) >= 11 is 0. The van der Waals surface area contributed by atoms with Crippen LogP contribution >= 0.6 is 0 Å². The lowest BCUT2D eigenvalue weighted by molar-refractivity contribution is 0.184.